The zero-order valence-electron chi connectivity index (χ0n) is 26.8. The van der Waals surface area contributed by atoms with Crippen LogP contribution in [-0.2, 0) is 0 Å². The Hall–Kier alpha value is -6.23. The molecule has 4 heteroatoms. The van der Waals surface area contributed by atoms with Gasteiger partial charge in [0.05, 0.1) is 11.4 Å². The summed E-state index contributed by atoms with van der Waals surface area (Å²) < 4.78 is 23.8. The first kappa shape index (κ1) is 28.8. The highest BCUT2D eigenvalue weighted by molar-refractivity contribution is 7.25. The summed E-state index contributed by atoms with van der Waals surface area (Å²) in [6, 6.07) is 58.2. The van der Waals surface area contributed by atoms with Crippen molar-refractivity contribution in [3.63, 3.8) is 0 Å². The number of thiophene rings is 1. The van der Waals surface area contributed by atoms with Crippen molar-refractivity contribution in [2.75, 3.05) is 4.90 Å². The fourth-order valence-electron chi connectivity index (χ4n) is 7.53. The minimum Gasteiger partial charge on any atom is -0.454 e. The van der Waals surface area contributed by atoms with Gasteiger partial charge in [-0.25, -0.2) is 4.39 Å². The number of anilines is 3. The molecule has 0 aliphatic rings. The molecule has 10 rings (SSSR count). The quantitative estimate of drug-likeness (QED) is 0.182. The van der Waals surface area contributed by atoms with E-state index in [1.54, 1.807) is 12.1 Å². The van der Waals surface area contributed by atoms with Gasteiger partial charge in [-0.3, -0.25) is 0 Å². The van der Waals surface area contributed by atoms with Gasteiger partial charge in [-0.05, 0) is 76.0 Å². The third-order valence-corrected chi connectivity index (χ3v) is 10.9. The smallest absolute Gasteiger partial charge is 0.159 e. The van der Waals surface area contributed by atoms with Crippen molar-refractivity contribution in [1.29, 1.82) is 0 Å². The molecule has 0 unspecified atom stereocenters. The molecule has 0 radical (unpaired) electrons. The van der Waals surface area contributed by atoms with E-state index >= 15 is 0 Å². The topological polar surface area (TPSA) is 16.4 Å². The van der Waals surface area contributed by atoms with Crippen LogP contribution in [0.4, 0.5) is 21.5 Å². The molecule has 0 aliphatic heterocycles. The highest BCUT2D eigenvalue weighted by Crippen LogP contribution is 2.48. The van der Waals surface area contributed by atoms with Crippen LogP contribution in [0.15, 0.2) is 174 Å². The first-order chi connectivity index (χ1) is 24.7. The largest absolute Gasteiger partial charge is 0.454 e. The molecule has 0 aliphatic carbocycles. The van der Waals surface area contributed by atoms with Crippen molar-refractivity contribution < 1.29 is 8.81 Å². The molecule has 0 saturated carbocycles. The normalized spacial score (nSPS) is 11.7. The lowest BCUT2D eigenvalue weighted by Crippen LogP contribution is -2.11. The molecule has 0 saturated heterocycles. The lowest BCUT2D eigenvalue weighted by atomic mass is 9.90. The lowest BCUT2D eigenvalue weighted by Gasteiger charge is -2.28. The second-order valence-electron chi connectivity index (χ2n) is 12.6. The molecule has 8 aromatic carbocycles. The molecule has 2 aromatic heterocycles. The third kappa shape index (κ3) is 4.53. The standard InChI is InChI=1S/C46H28FNOS/c47-31-14-7-13-30(27-31)33-18-8-11-29-12-9-19-38(45(29)33)34-15-1-4-21-40(34)48(32-25-26-37-36-17-3-6-24-43(36)50-44(37)28-32)41-22-10-20-39-35-16-2-5-23-42(35)49-46(39)41/h1-28H. The molecule has 236 valence electrons. The number of nitrogens with zero attached hydrogens (tertiary/aromatic N) is 1. The van der Waals surface area contributed by atoms with E-state index in [0.717, 1.165) is 72.0 Å². The first-order valence-corrected chi connectivity index (χ1v) is 17.5. The van der Waals surface area contributed by atoms with Crippen molar-refractivity contribution in [3.05, 3.63) is 176 Å². The van der Waals surface area contributed by atoms with Crippen LogP contribution in [0, 0.1) is 5.82 Å². The van der Waals surface area contributed by atoms with Gasteiger partial charge >= 0.3 is 0 Å². The summed E-state index contributed by atoms with van der Waals surface area (Å²) in [6.45, 7) is 0. The maximum atomic E-state index is 14.6. The number of rotatable bonds is 5. The molecule has 0 bridgehead atoms. The van der Waals surface area contributed by atoms with Gasteiger partial charge in [0.15, 0.2) is 5.58 Å². The second kappa shape index (κ2) is 11.4. The molecule has 0 N–H and O–H groups in total. The van der Waals surface area contributed by atoms with Gasteiger partial charge in [-0.15, -0.1) is 11.3 Å². The van der Waals surface area contributed by atoms with E-state index in [1.807, 2.05) is 35.6 Å². The molecule has 0 amide bonds. The fraction of sp³-hybridized carbons (Fsp3) is 0. The van der Waals surface area contributed by atoms with Crippen molar-refractivity contribution in [1.82, 2.24) is 0 Å². The average Bonchev–Trinajstić information content (AvgIpc) is 3.73. The van der Waals surface area contributed by atoms with Gasteiger partial charge in [0, 0.05) is 42.2 Å². The van der Waals surface area contributed by atoms with Gasteiger partial charge in [0.1, 0.15) is 11.4 Å². The van der Waals surface area contributed by atoms with Gasteiger partial charge < -0.3 is 9.32 Å². The zero-order chi connectivity index (χ0) is 33.2. The van der Waals surface area contributed by atoms with E-state index in [2.05, 4.69) is 132 Å². The Kier molecular flexibility index (Phi) is 6.58. The fourth-order valence-corrected chi connectivity index (χ4v) is 8.67. The van der Waals surface area contributed by atoms with E-state index < -0.39 is 0 Å². The zero-order valence-corrected chi connectivity index (χ0v) is 27.6. The van der Waals surface area contributed by atoms with Crippen LogP contribution in [0.25, 0.3) is 75.1 Å². The highest BCUT2D eigenvalue weighted by atomic mass is 32.1. The van der Waals surface area contributed by atoms with E-state index in [0.29, 0.717) is 0 Å². The number of furan rings is 1. The van der Waals surface area contributed by atoms with Crippen LogP contribution < -0.4 is 4.90 Å². The van der Waals surface area contributed by atoms with Crippen molar-refractivity contribution >= 4 is 81.3 Å². The van der Waals surface area contributed by atoms with E-state index in [4.69, 9.17) is 4.42 Å². The minimum atomic E-state index is -0.251. The number of para-hydroxylation sites is 3. The summed E-state index contributed by atoms with van der Waals surface area (Å²) in [7, 11) is 0. The Morgan fingerprint density at radius 1 is 0.480 bits per heavy atom. The molecule has 0 atom stereocenters. The minimum absolute atomic E-state index is 0.251. The molecule has 10 aromatic rings. The number of halogens is 1. The van der Waals surface area contributed by atoms with Crippen molar-refractivity contribution in [2.45, 2.75) is 0 Å². The number of fused-ring (bicyclic) bond motifs is 7. The van der Waals surface area contributed by atoms with E-state index in [-0.39, 0.29) is 5.82 Å². The van der Waals surface area contributed by atoms with Crippen molar-refractivity contribution in [2.24, 2.45) is 0 Å². The Morgan fingerprint density at radius 2 is 1.16 bits per heavy atom. The summed E-state index contributed by atoms with van der Waals surface area (Å²) in [5.41, 5.74) is 8.67. The van der Waals surface area contributed by atoms with Crippen LogP contribution in [0.1, 0.15) is 0 Å². The monoisotopic (exact) mass is 661 g/mol. The van der Waals surface area contributed by atoms with Gasteiger partial charge in [0.2, 0.25) is 0 Å². The molecule has 2 heterocycles. The number of benzene rings is 8. The maximum absolute atomic E-state index is 14.6. The molecule has 2 nitrogen and oxygen atoms in total. The SMILES string of the molecule is Fc1cccc(-c2cccc3cccc(-c4ccccc4N(c4ccc5c(c4)sc4ccccc45)c4cccc5c4oc4ccccc45)c23)c1. The highest BCUT2D eigenvalue weighted by Gasteiger charge is 2.23. The Balaban J connectivity index is 1.27. The van der Waals surface area contributed by atoms with Crippen LogP contribution in [0.2, 0.25) is 0 Å². The Labute approximate surface area is 291 Å². The van der Waals surface area contributed by atoms with Crippen LogP contribution in [0.3, 0.4) is 0 Å². The van der Waals surface area contributed by atoms with E-state index in [1.165, 1.54) is 26.2 Å². The predicted molar refractivity (Wildman–Crippen MR) is 210 cm³/mol. The molecular formula is C46H28FNOS. The van der Waals surface area contributed by atoms with Crippen LogP contribution >= 0.6 is 11.3 Å². The van der Waals surface area contributed by atoms with E-state index in [9.17, 15) is 4.39 Å². The van der Waals surface area contributed by atoms with Gasteiger partial charge in [0.25, 0.3) is 0 Å². The third-order valence-electron chi connectivity index (χ3n) is 9.72. The second-order valence-corrected chi connectivity index (χ2v) is 13.7. The van der Waals surface area contributed by atoms with Gasteiger partial charge in [-0.1, -0.05) is 121 Å². The summed E-state index contributed by atoms with van der Waals surface area (Å²) in [5, 5.41) is 6.85. The molecule has 0 fully saturated rings. The summed E-state index contributed by atoms with van der Waals surface area (Å²) in [6.07, 6.45) is 0. The maximum Gasteiger partial charge on any atom is 0.159 e. The summed E-state index contributed by atoms with van der Waals surface area (Å²) in [5.74, 6) is -0.251. The number of hydrogen-bond donors (Lipinski definition) is 0. The molecular weight excluding hydrogens is 634 g/mol. The number of hydrogen-bond acceptors (Lipinski definition) is 3. The van der Waals surface area contributed by atoms with Crippen LogP contribution in [-0.4, -0.2) is 0 Å². The van der Waals surface area contributed by atoms with Crippen LogP contribution in [0.5, 0.6) is 0 Å². The first-order valence-electron chi connectivity index (χ1n) is 16.7. The predicted octanol–water partition coefficient (Wildman–Crippen LogP) is 14.0. The summed E-state index contributed by atoms with van der Waals surface area (Å²) in [4.78, 5) is 2.34. The average molecular weight is 662 g/mol. The Morgan fingerprint density at radius 3 is 2.06 bits per heavy atom. The molecule has 0 spiro atoms. The van der Waals surface area contributed by atoms with Gasteiger partial charge in [-0.2, -0.15) is 0 Å². The van der Waals surface area contributed by atoms with Crippen molar-refractivity contribution in [3.8, 4) is 22.3 Å². The summed E-state index contributed by atoms with van der Waals surface area (Å²) >= 11 is 1.81. The lowest BCUT2D eigenvalue weighted by molar-refractivity contribution is 0.628. The molecule has 50 heavy (non-hydrogen) atoms. The Bertz CT molecular complexity index is 2910.